The molecular weight excluding hydrogens is 352 g/mol. The maximum absolute atomic E-state index is 12.9. The Labute approximate surface area is 146 Å². The SMILES string of the molecule is CC(C)CN(CC(O)CNC(=O)O)S(=O)(=O)c1ccc2c(c1)OCO2. The van der Waals surface area contributed by atoms with Crippen LogP contribution in [0.15, 0.2) is 23.1 Å². The number of fused-ring (bicyclic) bond motifs is 1. The molecule has 0 saturated heterocycles. The molecule has 1 aliphatic heterocycles. The van der Waals surface area contributed by atoms with Crippen molar-refractivity contribution in [3.05, 3.63) is 18.2 Å². The molecule has 0 aliphatic carbocycles. The summed E-state index contributed by atoms with van der Waals surface area (Å²) in [7, 11) is -3.89. The van der Waals surface area contributed by atoms with Gasteiger partial charge < -0.3 is 25.0 Å². The molecule has 9 nitrogen and oxygen atoms in total. The second-order valence-electron chi connectivity index (χ2n) is 6.07. The summed E-state index contributed by atoms with van der Waals surface area (Å²) in [5.41, 5.74) is 0. The van der Waals surface area contributed by atoms with Crippen LogP contribution in [0, 0.1) is 5.92 Å². The van der Waals surface area contributed by atoms with Crippen LogP contribution in [-0.4, -0.2) is 61.6 Å². The number of aliphatic hydroxyl groups is 1. The van der Waals surface area contributed by atoms with E-state index in [-0.39, 0.29) is 37.2 Å². The number of aliphatic hydroxyl groups excluding tert-OH is 1. The first-order valence-electron chi connectivity index (χ1n) is 7.75. The molecule has 0 aromatic heterocycles. The number of ether oxygens (including phenoxy) is 2. The lowest BCUT2D eigenvalue weighted by molar-refractivity contribution is 0.134. The average molecular weight is 374 g/mol. The zero-order valence-electron chi connectivity index (χ0n) is 14.0. The van der Waals surface area contributed by atoms with Gasteiger partial charge >= 0.3 is 6.09 Å². The summed E-state index contributed by atoms with van der Waals surface area (Å²) >= 11 is 0. The minimum atomic E-state index is -3.89. The molecule has 1 unspecified atom stereocenters. The van der Waals surface area contributed by atoms with Crippen molar-refractivity contribution in [2.75, 3.05) is 26.4 Å². The highest BCUT2D eigenvalue weighted by molar-refractivity contribution is 7.89. The molecule has 10 heteroatoms. The van der Waals surface area contributed by atoms with E-state index in [1.807, 2.05) is 19.2 Å². The van der Waals surface area contributed by atoms with Crippen molar-refractivity contribution in [1.29, 1.82) is 0 Å². The fourth-order valence-corrected chi connectivity index (χ4v) is 4.03. The number of hydrogen-bond donors (Lipinski definition) is 3. The van der Waals surface area contributed by atoms with E-state index in [2.05, 4.69) is 0 Å². The number of hydrogen-bond acceptors (Lipinski definition) is 6. The van der Waals surface area contributed by atoms with Crippen LogP contribution in [0.25, 0.3) is 0 Å². The van der Waals surface area contributed by atoms with Gasteiger partial charge in [0, 0.05) is 25.7 Å². The van der Waals surface area contributed by atoms with Crippen LogP contribution in [0.4, 0.5) is 4.79 Å². The van der Waals surface area contributed by atoms with Crippen LogP contribution < -0.4 is 14.8 Å². The Bertz CT molecular complexity index is 721. The molecule has 0 radical (unpaired) electrons. The summed E-state index contributed by atoms with van der Waals surface area (Å²) in [4.78, 5) is 10.5. The number of amides is 1. The Kier molecular flexibility index (Phi) is 6.09. The highest BCUT2D eigenvalue weighted by atomic mass is 32.2. The van der Waals surface area contributed by atoms with Crippen molar-refractivity contribution in [3.63, 3.8) is 0 Å². The van der Waals surface area contributed by atoms with Gasteiger partial charge in [0.15, 0.2) is 11.5 Å². The van der Waals surface area contributed by atoms with Gasteiger partial charge in [-0.05, 0) is 18.1 Å². The van der Waals surface area contributed by atoms with Crippen molar-refractivity contribution in [2.45, 2.75) is 24.8 Å². The third-order valence-corrected chi connectivity index (χ3v) is 5.28. The van der Waals surface area contributed by atoms with E-state index in [0.717, 1.165) is 4.31 Å². The maximum atomic E-state index is 12.9. The summed E-state index contributed by atoms with van der Waals surface area (Å²) in [5.74, 6) is 0.835. The summed E-state index contributed by atoms with van der Waals surface area (Å²) in [6.07, 6.45) is -2.45. The van der Waals surface area contributed by atoms with Gasteiger partial charge in [-0.2, -0.15) is 4.31 Å². The first kappa shape index (κ1) is 19.3. The van der Waals surface area contributed by atoms with E-state index < -0.39 is 22.2 Å². The Hall–Kier alpha value is -2.04. The topological polar surface area (TPSA) is 125 Å². The van der Waals surface area contributed by atoms with Crippen LogP contribution in [-0.2, 0) is 10.0 Å². The largest absolute Gasteiger partial charge is 0.465 e. The highest BCUT2D eigenvalue weighted by Gasteiger charge is 2.29. The van der Waals surface area contributed by atoms with Gasteiger partial charge in [-0.25, -0.2) is 13.2 Å². The molecule has 1 aromatic rings. The molecule has 0 bridgehead atoms. The maximum Gasteiger partial charge on any atom is 0.404 e. The molecule has 1 aromatic carbocycles. The van der Waals surface area contributed by atoms with Gasteiger partial charge in [-0.1, -0.05) is 13.8 Å². The van der Waals surface area contributed by atoms with Crippen molar-refractivity contribution in [1.82, 2.24) is 9.62 Å². The predicted octanol–water partition coefficient (Wildman–Crippen LogP) is 0.690. The van der Waals surface area contributed by atoms with Crippen LogP contribution in [0.5, 0.6) is 11.5 Å². The van der Waals surface area contributed by atoms with Crippen molar-refractivity contribution in [2.24, 2.45) is 5.92 Å². The Balaban J connectivity index is 2.21. The predicted molar refractivity (Wildman–Crippen MR) is 88.2 cm³/mol. The Morgan fingerprint density at radius 1 is 1.28 bits per heavy atom. The van der Waals surface area contributed by atoms with Crippen LogP contribution in [0.2, 0.25) is 0 Å². The van der Waals surface area contributed by atoms with E-state index in [4.69, 9.17) is 14.6 Å². The third kappa shape index (κ3) is 4.97. The van der Waals surface area contributed by atoms with E-state index in [0.29, 0.717) is 11.5 Å². The van der Waals surface area contributed by atoms with Gasteiger partial charge in [0.05, 0.1) is 11.0 Å². The second-order valence-corrected chi connectivity index (χ2v) is 8.01. The molecular formula is C15H22N2O7S. The second kappa shape index (κ2) is 7.89. The quantitative estimate of drug-likeness (QED) is 0.611. The van der Waals surface area contributed by atoms with Crippen LogP contribution in [0.1, 0.15) is 13.8 Å². The fourth-order valence-electron chi connectivity index (χ4n) is 2.37. The molecule has 0 saturated carbocycles. The van der Waals surface area contributed by atoms with Crippen molar-refractivity contribution in [3.8, 4) is 11.5 Å². The van der Waals surface area contributed by atoms with E-state index in [1.54, 1.807) is 0 Å². The van der Waals surface area contributed by atoms with Gasteiger partial charge in [-0.15, -0.1) is 0 Å². The number of nitrogens with one attached hydrogen (secondary N) is 1. The number of carboxylic acid groups (broad SMARTS) is 1. The Morgan fingerprint density at radius 2 is 1.96 bits per heavy atom. The van der Waals surface area contributed by atoms with Crippen LogP contribution >= 0.6 is 0 Å². The average Bonchev–Trinajstić information content (AvgIpc) is 2.99. The zero-order chi connectivity index (χ0) is 18.6. The van der Waals surface area contributed by atoms with Crippen molar-refractivity contribution >= 4 is 16.1 Å². The summed E-state index contributed by atoms with van der Waals surface area (Å²) < 4.78 is 37.4. The van der Waals surface area contributed by atoms with Crippen molar-refractivity contribution < 1.29 is 32.9 Å². The van der Waals surface area contributed by atoms with E-state index in [1.165, 1.54) is 18.2 Å². The zero-order valence-corrected chi connectivity index (χ0v) is 14.8. The first-order valence-corrected chi connectivity index (χ1v) is 9.19. The molecule has 140 valence electrons. The smallest absolute Gasteiger partial charge is 0.404 e. The lowest BCUT2D eigenvalue weighted by Crippen LogP contribution is -2.43. The minimum absolute atomic E-state index is 0.0171. The van der Waals surface area contributed by atoms with Gasteiger partial charge in [0.2, 0.25) is 16.8 Å². The molecule has 25 heavy (non-hydrogen) atoms. The molecule has 3 N–H and O–H groups in total. The monoisotopic (exact) mass is 374 g/mol. The lowest BCUT2D eigenvalue weighted by atomic mass is 10.2. The standard InChI is InChI=1S/C15H22N2O7S/c1-10(2)7-17(8-11(18)6-16-15(19)20)25(21,22)12-3-4-13-14(5-12)24-9-23-13/h3-5,10-11,16,18H,6-9H2,1-2H3,(H,19,20). The molecule has 1 amide bonds. The number of benzene rings is 1. The van der Waals surface area contributed by atoms with Gasteiger partial charge in [-0.3, -0.25) is 0 Å². The minimum Gasteiger partial charge on any atom is -0.465 e. The fraction of sp³-hybridized carbons (Fsp3) is 0.533. The summed E-state index contributed by atoms with van der Waals surface area (Å²) in [6.45, 7) is 3.43. The lowest BCUT2D eigenvalue weighted by Gasteiger charge is -2.26. The molecule has 0 spiro atoms. The van der Waals surface area contributed by atoms with E-state index >= 15 is 0 Å². The molecule has 1 heterocycles. The first-order chi connectivity index (χ1) is 11.7. The molecule has 2 rings (SSSR count). The van der Waals surface area contributed by atoms with E-state index in [9.17, 15) is 18.3 Å². The normalized spacial score (nSPS) is 14.8. The Morgan fingerprint density at radius 3 is 2.60 bits per heavy atom. The number of rotatable bonds is 8. The molecule has 0 fully saturated rings. The number of sulfonamides is 1. The number of carbonyl (C=O) groups is 1. The van der Waals surface area contributed by atoms with Crippen LogP contribution in [0.3, 0.4) is 0 Å². The third-order valence-electron chi connectivity index (χ3n) is 3.45. The summed E-state index contributed by atoms with van der Waals surface area (Å²) in [6, 6.07) is 4.32. The molecule has 1 aliphatic rings. The van der Waals surface area contributed by atoms with Gasteiger partial charge in [0.25, 0.3) is 0 Å². The molecule has 1 atom stereocenters. The summed E-state index contributed by atoms with van der Waals surface area (Å²) in [5, 5.41) is 20.6. The highest BCUT2D eigenvalue weighted by Crippen LogP contribution is 2.34. The number of nitrogens with zero attached hydrogens (tertiary/aromatic N) is 1. The van der Waals surface area contributed by atoms with Gasteiger partial charge in [0.1, 0.15) is 0 Å².